The molecule has 0 saturated carbocycles. The number of fused-ring (bicyclic) bond motifs is 4. The Morgan fingerprint density at radius 2 is 1.71 bits per heavy atom. The first-order valence-corrected chi connectivity index (χ1v) is 6.76. The Balaban J connectivity index is 2.17. The van der Waals surface area contributed by atoms with Crippen LogP contribution in [0.25, 0.3) is 33.1 Å². The number of nitrogens with zero attached hydrogens (tertiary/aromatic N) is 3. The standard InChI is InChI=1S/C17H12N4/c1-9-5-14-15(6-10(9)2)21-17-16(19-14)12-7-11(8-18)3-4-13(12)20-17/h3-7H,1-2H3,(H,20,21). The van der Waals surface area contributed by atoms with E-state index in [1.165, 1.54) is 11.1 Å². The molecule has 0 spiro atoms. The zero-order valence-corrected chi connectivity index (χ0v) is 11.7. The van der Waals surface area contributed by atoms with Crippen LogP contribution < -0.4 is 0 Å². The first-order valence-electron chi connectivity index (χ1n) is 6.76. The van der Waals surface area contributed by atoms with Gasteiger partial charge in [-0.15, -0.1) is 0 Å². The van der Waals surface area contributed by atoms with Crippen LogP contribution in [0, 0.1) is 25.2 Å². The summed E-state index contributed by atoms with van der Waals surface area (Å²) in [4.78, 5) is 12.7. The minimum atomic E-state index is 0.630. The maximum Gasteiger partial charge on any atom is 0.157 e. The van der Waals surface area contributed by atoms with Crippen LogP contribution in [-0.4, -0.2) is 15.0 Å². The highest BCUT2D eigenvalue weighted by molar-refractivity contribution is 6.06. The van der Waals surface area contributed by atoms with Crippen molar-refractivity contribution in [2.45, 2.75) is 13.8 Å². The molecule has 0 amide bonds. The van der Waals surface area contributed by atoms with E-state index >= 15 is 0 Å². The molecule has 0 atom stereocenters. The lowest BCUT2D eigenvalue weighted by atomic mass is 10.1. The van der Waals surface area contributed by atoms with Gasteiger partial charge in [-0.25, -0.2) is 9.97 Å². The number of aromatic nitrogens is 3. The van der Waals surface area contributed by atoms with E-state index in [0.717, 1.165) is 33.1 Å². The molecule has 4 nitrogen and oxygen atoms in total. The van der Waals surface area contributed by atoms with Gasteiger partial charge in [0.1, 0.15) is 5.52 Å². The maximum absolute atomic E-state index is 9.05. The predicted octanol–water partition coefficient (Wildman–Crippen LogP) is 3.75. The van der Waals surface area contributed by atoms with E-state index < -0.39 is 0 Å². The number of aryl methyl sites for hydroxylation is 2. The summed E-state index contributed by atoms with van der Waals surface area (Å²) in [6.45, 7) is 4.15. The minimum absolute atomic E-state index is 0.630. The second-order valence-corrected chi connectivity index (χ2v) is 5.34. The minimum Gasteiger partial charge on any atom is -0.338 e. The highest BCUT2D eigenvalue weighted by atomic mass is 14.9. The van der Waals surface area contributed by atoms with Crippen molar-refractivity contribution >= 4 is 33.1 Å². The van der Waals surface area contributed by atoms with Gasteiger partial charge < -0.3 is 4.98 Å². The Morgan fingerprint density at radius 3 is 2.43 bits per heavy atom. The number of hydrogen-bond acceptors (Lipinski definition) is 3. The third-order valence-corrected chi connectivity index (χ3v) is 3.94. The van der Waals surface area contributed by atoms with Gasteiger partial charge in [-0.2, -0.15) is 5.26 Å². The second-order valence-electron chi connectivity index (χ2n) is 5.34. The van der Waals surface area contributed by atoms with E-state index in [1.807, 2.05) is 12.1 Å². The zero-order valence-electron chi connectivity index (χ0n) is 11.7. The average molecular weight is 272 g/mol. The van der Waals surface area contributed by atoms with E-state index in [4.69, 9.17) is 10.2 Å². The Kier molecular flexibility index (Phi) is 2.28. The van der Waals surface area contributed by atoms with Crippen LogP contribution in [0.3, 0.4) is 0 Å². The largest absolute Gasteiger partial charge is 0.338 e. The van der Waals surface area contributed by atoms with Crippen molar-refractivity contribution in [1.82, 2.24) is 15.0 Å². The molecular weight excluding hydrogens is 260 g/mol. The summed E-state index contributed by atoms with van der Waals surface area (Å²) in [6.07, 6.45) is 0. The summed E-state index contributed by atoms with van der Waals surface area (Å²) >= 11 is 0. The fourth-order valence-corrected chi connectivity index (χ4v) is 2.63. The number of benzene rings is 2. The third kappa shape index (κ3) is 1.68. The highest BCUT2D eigenvalue weighted by Crippen LogP contribution is 2.26. The molecule has 4 aromatic rings. The molecule has 0 saturated heterocycles. The van der Waals surface area contributed by atoms with Crippen LogP contribution in [0.4, 0.5) is 0 Å². The predicted molar refractivity (Wildman–Crippen MR) is 83.1 cm³/mol. The number of H-pyrrole nitrogens is 1. The molecule has 0 aliphatic carbocycles. The third-order valence-electron chi connectivity index (χ3n) is 3.94. The lowest BCUT2D eigenvalue weighted by Gasteiger charge is -2.02. The first kappa shape index (κ1) is 11.9. The van der Waals surface area contributed by atoms with Crippen LogP contribution in [0.2, 0.25) is 0 Å². The molecule has 0 unspecified atom stereocenters. The summed E-state index contributed by atoms with van der Waals surface area (Å²) in [6, 6.07) is 11.8. The molecule has 0 aliphatic heterocycles. The van der Waals surface area contributed by atoms with Gasteiger partial charge in [-0.3, -0.25) is 0 Å². The van der Waals surface area contributed by atoms with E-state index in [0.29, 0.717) is 5.56 Å². The molecule has 0 bridgehead atoms. The second kappa shape index (κ2) is 4.03. The molecule has 0 aliphatic rings. The summed E-state index contributed by atoms with van der Waals surface area (Å²) in [5.74, 6) is 0. The van der Waals surface area contributed by atoms with Crippen LogP contribution >= 0.6 is 0 Å². The first-order chi connectivity index (χ1) is 10.2. The van der Waals surface area contributed by atoms with Crippen molar-refractivity contribution < 1.29 is 0 Å². The van der Waals surface area contributed by atoms with Crippen molar-refractivity contribution in [3.63, 3.8) is 0 Å². The van der Waals surface area contributed by atoms with E-state index in [1.54, 1.807) is 6.07 Å². The molecule has 2 heterocycles. The Labute approximate surface area is 121 Å². The molecule has 0 radical (unpaired) electrons. The SMILES string of the molecule is Cc1cc2nc3[nH]c4ccc(C#N)cc4c3nc2cc1C. The summed E-state index contributed by atoms with van der Waals surface area (Å²) in [5.41, 5.74) is 7.34. The van der Waals surface area contributed by atoms with Gasteiger partial charge in [0.15, 0.2) is 5.65 Å². The average Bonchev–Trinajstić information content (AvgIpc) is 2.83. The molecule has 0 fully saturated rings. The van der Waals surface area contributed by atoms with E-state index in [9.17, 15) is 0 Å². The molecule has 1 N–H and O–H groups in total. The number of nitriles is 1. The van der Waals surface area contributed by atoms with Gasteiger partial charge in [0, 0.05) is 10.9 Å². The Bertz CT molecular complexity index is 1070. The molecule has 4 heteroatoms. The monoisotopic (exact) mass is 272 g/mol. The van der Waals surface area contributed by atoms with Crippen LogP contribution in [0.1, 0.15) is 16.7 Å². The summed E-state index contributed by atoms with van der Waals surface area (Å²) in [7, 11) is 0. The topological polar surface area (TPSA) is 65.4 Å². The van der Waals surface area contributed by atoms with Crippen molar-refractivity contribution in [2.75, 3.05) is 0 Å². The summed E-state index contributed by atoms with van der Waals surface area (Å²) in [5, 5.41) is 9.99. The zero-order chi connectivity index (χ0) is 14.6. The Hall–Kier alpha value is -2.93. The lowest BCUT2D eigenvalue weighted by molar-refractivity contribution is 1.30. The number of hydrogen-bond donors (Lipinski definition) is 1. The van der Waals surface area contributed by atoms with Gasteiger partial charge >= 0.3 is 0 Å². The number of rotatable bonds is 0. The fraction of sp³-hybridized carbons (Fsp3) is 0.118. The van der Waals surface area contributed by atoms with Gasteiger partial charge in [-0.05, 0) is 55.3 Å². The van der Waals surface area contributed by atoms with Crippen LogP contribution in [-0.2, 0) is 0 Å². The molecule has 4 rings (SSSR count). The fourth-order valence-electron chi connectivity index (χ4n) is 2.63. The quantitative estimate of drug-likeness (QED) is 0.530. The highest BCUT2D eigenvalue weighted by Gasteiger charge is 2.10. The van der Waals surface area contributed by atoms with Gasteiger partial charge in [-0.1, -0.05) is 0 Å². The van der Waals surface area contributed by atoms with Gasteiger partial charge in [0.05, 0.1) is 22.7 Å². The molecule has 100 valence electrons. The van der Waals surface area contributed by atoms with E-state index in [2.05, 4.69) is 42.0 Å². The van der Waals surface area contributed by atoms with Crippen molar-refractivity contribution in [3.8, 4) is 6.07 Å². The molecule has 2 aromatic carbocycles. The molecule has 21 heavy (non-hydrogen) atoms. The number of nitrogens with one attached hydrogen (secondary N) is 1. The van der Waals surface area contributed by atoms with Crippen LogP contribution in [0.5, 0.6) is 0 Å². The van der Waals surface area contributed by atoms with Gasteiger partial charge in [0.25, 0.3) is 0 Å². The molecule has 2 aromatic heterocycles. The molecular formula is C17H12N4. The summed E-state index contributed by atoms with van der Waals surface area (Å²) < 4.78 is 0. The lowest BCUT2D eigenvalue weighted by Crippen LogP contribution is -1.89. The van der Waals surface area contributed by atoms with Gasteiger partial charge in [0.2, 0.25) is 0 Å². The van der Waals surface area contributed by atoms with E-state index in [-0.39, 0.29) is 0 Å². The smallest absolute Gasteiger partial charge is 0.157 e. The Morgan fingerprint density at radius 1 is 1.00 bits per heavy atom. The number of aromatic amines is 1. The normalized spacial score (nSPS) is 11.3. The van der Waals surface area contributed by atoms with Crippen molar-refractivity contribution in [3.05, 3.63) is 47.0 Å². The van der Waals surface area contributed by atoms with Crippen molar-refractivity contribution in [1.29, 1.82) is 5.26 Å². The van der Waals surface area contributed by atoms with Crippen molar-refractivity contribution in [2.24, 2.45) is 0 Å². The van der Waals surface area contributed by atoms with Crippen LogP contribution in [0.15, 0.2) is 30.3 Å². The maximum atomic E-state index is 9.05.